The lowest BCUT2D eigenvalue weighted by molar-refractivity contribution is -0.384. The molecule has 0 radical (unpaired) electrons. The molecule has 0 spiro atoms. The quantitative estimate of drug-likeness (QED) is 0.593. The Kier molecular flexibility index (Phi) is 6.39. The number of hydrogen-bond donors (Lipinski definition) is 0. The highest BCUT2D eigenvalue weighted by Crippen LogP contribution is 2.31. The van der Waals surface area contributed by atoms with Crippen molar-refractivity contribution in [3.63, 3.8) is 0 Å². The molecule has 0 bridgehead atoms. The summed E-state index contributed by atoms with van der Waals surface area (Å²) in [4.78, 5) is 26.0. The lowest BCUT2D eigenvalue weighted by Crippen LogP contribution is -2.30. The van der Waals surface area contributed by atoms with Crippen LogP contribution in [0.3, 0.4) is 0 Å². The number of nitrogens with zero attached hydrogens (tertiary/aromatic N) is 3. The molecular weight excluding hydrogens is 317 g/mol. The Morgan fingerprint density at radius 1 is 1.24 bits per heavy atom. The molecule has 8 heteroatoms. The van der Waals surface area contributed by atoms with Gasteiger partial charge >= 0.3 is 0 Å². The zero-order chi connectivity index (χ0) is 16.2. The summed E-state index contributed by atoms with van der Waals surface area (Å²) in [6.07, 6.45) is 0.787. The van der Waals surface area contributed by atoms with Crippen LogP contribution >= 0.6 is 23.2 Å². The fourth-order valence-corrected chi connectivity index (χ4v) is 2.17. The average Bonchev–Trinajstić information content (AvgIpc) is 2.40. The molecule has 116 valence electrons. The molecule has 0 heterocycles. The van der Waals surface area contributed by atoms with Crippen molar-refractivity contribution in [2.45, 2.75) is 6.42 Å². The highest BCUT2D eigenvalue weighted by atomic mass is 35.5. The van der Waals surface area contributed by atoms with E-state index >= 15 is 0 Å². The third-order valence-corrected chi connectivity index (χ3v) is 3.70. The summed E-state index contributed by atoms with van der Waals surface area (Å²) < 4.78 is 0. The molecular formula is C13H17Cl2N3O3. The van der Waals surface area contributed by atoms with Gasteiger partial charge in [-0.05, 0) is 27.1 Å². The normalized spacial score (nSPS) is 10.8. The van der Waals surface area contributed by atoms with E-state index in [-0.39, 0.29) is 27.2 Å². The second-order valence-electron chi connectivity index (χ2n) is 4.93. The van der Waals surface area contributed by atoms with Gasteiger partial charge in [0.15, 0.2) is 0 Å². The van der Waals surface area contributed by atoms with Gasteiger partial charge in [-0.1, -0.05) is 23.2 Å². The zero-order valence-electron chi connectivity index (χ0n) is 12.1. The molecule has 0 aliphatic heterocycles. The van der Waals surface area contributed by atoms with Gasteiger partial charge in [0, 0.05) is 25.7 Å². The Morgan fingerprint density at radius 2 is 1.86 bits per heavy atom. The summed E-state index contributed by atoms with van der Waals surface area (Å²) in [6.45, 7) is 1.36. The van der Waals surface area contributed by atoms with E-state index in [2.05, 4.69) is 0 Å². The first-order valence-corrected chi connectivity index (χ1v) is 7.03. The molecule has 0 fully saturated rings. The molecule has 0 aliphatic carbocycles. The second kappa shape index (κ2) is 7.59. The number of carbonyl (C=O) groups is 1. The molecule has 21 heavy (non-hydrogen) atoms. The van der Waals surface area contributed by atoms with Crippen molar-refractivity contribution in [1.29, 1.82) is 0 Å². The van der Waals surface area contributed by atoms with Crippen LogP contribution in [0.1, 0.15) is 16.8 Å². The van der Waals surface area contributed by atoms with Crippen LogP contribution < -0.4 is 0 Å². The van der Waals surface area contributed by atoms with Crippen LogP contribution in [0.2, 0.25) is 10.0 Å². The first kappa shape index (κ1) is 17.7. The topological polar surface area (TPSA) is 66.7 Å². The van der Waals surface area contributed by atoms with Crippen molar-refractivity contribution in [1.82, 2.24) is 9.80 Å². The fourth-order valence-electron chi connectivity index (χ4n) is 1.77. The number of halogens is 2. The minimum atomic E-state index is -0.606. The number of carbonyl (C=O) groups excluding carboxylic acids is 1. The van der Waals surface area contributed by atoms with Crippen LogP contribution in [0.5, 0.6) is 0 Å². The van der Waals surface area contributed by atoms with Crippen molar-refractivity contribution in [3.05, 3.63) is 37.9 Å². The maximum absolute atomic E-state index is 12.3. The van der Waals surface area contributed by atoms with Crippen molar-refractivity contribution in [2.24, 2.45) is 0 Å². The van der Waals surface area contributed by atoms with Crippen molar-refractivity contribution in [3.8, 4) is 0 Å². The predicted molar refractivity (Wildman–Crippen MR) is 83.2 cm³/mol. The molecule has 0 saturated carbocycles. The van der Waals surface area contributed by atoms with Crippen LogP contribution in [0.15, 0.2) is 12.1 Å². The van der Waals surface area contributed by atoms with E-state index < -0.39 is 4.92 Å². The van der Waals surface area contributed by atoms with Gasteiger partial charge in [0.25, 0.3) is 11.6 Å². The summed E-state index contributed by atoms with van der Waals surface area (Å²) in [5.74, 6) is -0.385. The van der Waals surface area contributed by atoms with Gasteiger partial charge in [-0.2, -0.15) is 0 Å². The highest BCUT2D eigenvalue weighted by Gasteiger charge is 2.21. The minimum Gasteiger partial charge on any atom is -0.342 e. The monoisotopic (exact) mass is 333 g/mol. The third-order valence-electron chi connectivity index (χ3n) is 2.90. The van der Waals surface area contributed by atoms with Crippen LogP contribution in [0.4, 0.5) is 5.69 Å². The summed E-state index contributed by atoms with van der Waals surface area (Å²) in [5, 5.41) is 10.9. The number of non-ortho nitro benzene ring substituents is 1. The fraction of sp³-hybridized carbons (Fsp3) is 0.462. The maximum Gasteiger partial charge on any atom is 0.271 e. The van der Waals surface area contributed by atoms with Crippen LogP contribution in [0.25, 0.3) is 0 Å². The molecule has 0 atom stereocenters. The van der Waals surface area contributed by atoms with E-state index in [0.29, 0.717) is 6.54 Å². The molecule has 0 saturated heterocycles. The molecule has 0 aliphatic rings. The molecule has 0 aromatic heterocycles. The Balaban J connectivity index is 2.93. The van der Waals surface area contributed by atoms with Gasteiger partial charge in [0.1, 0.15) is 0 Å². The molecule has 0 unspecified atom stereocenters. The van der Waals surface area contributed by atoms with Gasteiger partial charge < -0.3 is 9.80 Å². The van der Waals surface area contributed by atoms with E-state index in [0.717, 1.165) is 25.1 Å². The second-order valence-corrected chi connectivity index (χ2v) is 5.71. The lowest BCUT2D eigenvalue weighted by atomic mass is 10.1. The standard InChI is InChI=1S/C13H17Cl2N3O3/c1-16(2)5-4-6-17(3)13(19)10-7-9(18(20)21)8-11(14)12(10)15/h7-8H,4-6H2,1-3H3. The van der Waals surface area contributed by atoms with Gasteiger partial charge in [0.2, 0.25) is 0 Å². The molecule has 1 rings (SSSR count). The minimum absolute atomic E-state index is 0.00379. The number of nitro benzene ring substituents is 1. The Hall–Kier alpha value is -1.37. The van der Waals surface area contributed by atoms with Gasteiger partial charge in [-0.15, -0.1) is 0 Å². The molecule has 0 N–H and O–H groups in total. The zero-order valence-corrected chi connectivity index (χ0v) is 13.6. The van der Waals surface area contributed by atoms with Crippen LogP contribution in [-0.4, -0.2) is 54.9 Å². The Morgan fingerprint density at radius 3 is 2.38 bits per heavy atom. The molecule has 1 aromatic carbocycles. The first-order chi connectivity index (χ1) is 9.73. The maximum atomic E-state index is 12.3. The summed E-state index contributed by atoms with van der Waals surface area (Å²) in [6, 6.07) is 2.28. The molecule has 6 nitrogen and oxygen atoms in total. The molecule has 1 aromatic rings. The van der Waals surface area contributed by atoms with Gasteiger partial charge in [-0.3, -0.25) is 14.9 Å². The summed E-state index contributed by atoms with van der Waals surface area (Å²) >= 11 is 11.8. The SMILES string of the molecule is CN(C)CCCN(C)C(=O)c1cc([N+](=O)[O-])cc(Cl)c1Cl. The van der Waals surface area contributed by atoms with Crippen molar-refractivity contribution in [2.75, 3.05) is 34.2 Å². The number of amides is 1. The predicted octanol–water partition coefficient (Wildman–Crippen LogP) is 2.93. The highest BCUT2D eigenvalue weighted by molar-refractivity contribution is 6.44. The van der Waals surface area contributed by atoms with E-state index in [1.165, 1.54) is 4.90 Å². The van der Waals surface area contributed by atoms with Crippen molar-refractivity contribution >= 4 is 34.8 Å². The lowest BCUT2D eigenvalue weighted by Gasteiger charge is -2.19. The largest absolute Gasteiger partial charge is 0.342 e. The van der Waals surface area contributed by atoms with E-state index in [1.807, 2.05) is 19.0 Å². The van der Waals surface area contributed by atoms with E-state index in [1.54, 1.807) is 7.05 Å². The van der Waals surface area contributed by atoms with Crippen molar-refractivity contribution < 1.29 is 9.72 Å². The van der Waals surface area contributed by atoms with Gasteiger partial charge in [-0.25, -0.2) is 0 Å². The summed E-state index contributed by atoms with van der Waals surface area (Å²) in [5.41, 5.74) is -0.210. The van der Waals surface area contributed by atoms with Crippen LogP contribution in [-0.2, 0) is 0 Å². The van der Waals surface area contributed by atoms with E-state index in [4.69, 9.17) is 23.2 Å². The summed E-state index contributed by atoms with van der Waals surface area (Å²) in [7, 11) is 5.51. The first-order valence-electron chi connectivity index (χ1n) is 6.27. The number of benzene rings is 1. The van der Waals surface area contributed by atoms with Crippen LogP contribution in [0, 0.1) is 10.1 Å². The number of rotatable bonds is 6. The molecule has 1 amide bonds. The third kappa shape index (κ3) is 4.84. The Labute approximate surface area is 133 Å². The average molecular weight is 334 g/mol. The van der Waals surface area contributed by atoms with E-state index in [9.17, 15) is 14.9 Å². The van der Waals surface area contributed by atoms with Gasteiger partial charge in [0.05, 0.1) is 20.5 Å². The smallest absolute Gasteiger partial charge is 0.271 e. The number of hydrogen-bond acceptors (Lipinski definition) is 4. The number of nitro groups is 1. The Bertz CT molecular complexity index is 550.